The molecular formula is C25H28N2O6. The molecule has 2 amide bonds. The summed E-state index contributed by atoms with van der Waals surface area (Å²) < 4.78 is 5.60. The topological polar surface area (TPSA) is 125 Å². The summed E-state index contributed by atoms with van der Waals surface area (Å²) in [7, 11) is 0. The molecule has 0 aliphatic heterocycles. The molecule has 2 aromatic rings. The summed E-state index contributed by atoms with van der Waals surface area (Å²) >= 11 is 0. The quantitative estimate of drug-likeness (QED) is 0.512. The Balaban J connectivity index is 1.36. The van der Waals surface area contributed by atoms with Gasteiger partial charge in [-0.05, 0) is 35.1 Å². The van der Waals surface area contributed by atoms with E-state index in [1.807, 2.05) is 36.4 Å². The summed E-state index contributed by atoms with van der Waals surface area (Å²) in [5.74, 6) is -2.32. The van der Waals surface area contributed by atoms with Gasteiger partial charge in [0.1, 0.15) is 6.61 Å². The molecule has 4 rings (SSSR count). The van der Waals surface area contributed by atoms with Crippen LogP contribution in [0.1, 0.15) is 42.7 Å². The molecule has 174 valence electrons. The van der Waals surface area contributed by atoms with Crippen molar-refractivity contribution in [1.29, 1.82) is 0 Å². The molecule has 8 nitrogen and oxygen atoms in total. The second-order valence-corrected chi connectivity index (χ2v) is 8.57. The number of carboxylic acid groups (broad SMARTS) is 1. The summed E-state index contributed by atoms with van der Waals surface area (Å²) in [6, 6.07) is 15.8. The minimum atomic E-state index is -1.66. The number of hydrogen-bond donors (Lipinski definition) is 4. The number of carbonyl (C=O) groups excluding carboxylic acids is 2. The van der Waals surface area contributed by atoms with Gasteiger partial charge in [-0.2, -0.15) is 0 Å². The van der Waals surface area contributed by atoms with E-state index >= 15 is 0 Å². The lowest BCUT2D eigenvalue weighted by Gasteiger charge is -2.31. The van der Waals surface area contributed by atoms with E-state index in [4.69, 9.17) is 9.84 Å². The Bertz CT molecular complexity index is 994. The Morgan fingerprint density at radius 2 is 1.58 bits per heavy atom. The first-order valence-electron chi connectivity index (χ1n) is 11.3. The molecule has 2 aliphatic carbocycles. The van der Waals surface area contributed by atoms with Crippen LogP contribution in [0.3, 0.4) is 0 Å². The zero-order valence-electron chi connectivity index (χ0n) is 18.2. The first-order valence-corrected chi connectivity index (χ1v) is 11.3. The number of ether oxygens (including phenoxy) is 1. The second-order valence-electron chi connectivity index (χ2n) is 8.57. The number of rotatable bonds is 7. The first-order chi connectivity index (χ1) is 16.0. The average Bonchev–Trinajstić information content (AvgIpc) is 3.15. The van der Waals surface area contributed by atoms with Crippen molar-refractivity contribution in [3.8, 4) is 11.1 Å². The van der Waals surface area contributed by atoms with E-state index in [9.17, 15) is 19.5 Å². The smallest absolute Gasteiger partial charge is 0.407 e. The molecule has 2 aliphatic rings. The number of aliphatic hydroxyl groups excluding tert-OH is 1. The van der Waals surface area contributed by atoms with Crippen LogP contribution in [0.25, 0.3) is 11.1 Å². The van der Waals surface area contributed by atoms with Gasteiger partial charge in [0, 0.05) is 12.0 Å². The predicted molar refractivity (Wildman–Crippen MR) is 121 cm³/mol. The number of alkyl carbamates (subject to hydrolysis) is 1. The maximum absolute atomic E-state index is 12.6. The van der Waals surface area contributed by atoms with Gasteiger partial charge in [-0.15, -0.1) is 0 Å². The van der Waals surface area contributed by atoms with E-state index in [1.165, 1.54) is 0 Å². The molecule has 33 heavy (non-hydrogen) atoms. The Kier molecular flexibility index (Phi) is 6.93. The van der Waals surface area contributed by atoms with Crippen molar-refractivity contribution in [3.05, 3.63) is 59.7 Å². The van der Waals surface area contributed by atoms with Gasteiger partial charge in [0.2, 0.25) is 5.91 Å². The summed E-state index contributed by atoms with van der Waals surface area (Å²) in [5.41, 5.74) is 4.54. The van der Waals surface area contributed by atoms with Crippen LogP contribution in [0.15, 0.2) is 48.5 Å². The number of aliphatic hydroxyl groups is 1. The van der Waals surface area contributed by atoms with Crippen molar-refractivity contribution in [2.75, 3.05) is 13.2 Å². The van der Waals surface area contributed by atoms with Crippen LogP contribution in [0.4, 0.5) is 4.79 Å². The van der Waals surface area contributed by atoms with Gasteiger partial charge in [-0.3, -0.25) is 4.79 Å². The van der Waals surface area contributed by atoms with Crippen molar-refractivity contribution >= 4 is 18.0 Å². The van der Waals surface area contributed by atoms with E-state index in [0.29, 0.717) is 12.8 Å². The highest BCUT2D eigenvalue weighted by Crippen LogP contribution is 2.44. The Morgan fingerprint density at radius 1 is 0.970 bits per heavy atom. The van der Waals surface area contributed by atoms with Crippen molar-refractivity contribution in [2.24, 2.45) is 5.92 Å². The van der Waals surface area contributed by atoms with Crippen LogP contribution in [0, 0.1) is 5.92 Å². The molecule has 0 unspecified atom stereocenters. The molecule has 1 fully saturated rings. The molecule has 0 spiro atoms. The van der Waals surface area contributed by atoms with Gasteiger partial charge >= 0.3 is 12.1 Å². The lowest BCUT2D eigenvalue weighted by molar-refractivity contribution is -0.146. The number of carbonyl (C=O) groups is 3. The summed E-state index contributed by atoms with van der Waals surface area (Å²) in [5, 5.41) is 23.5. The fraction of sp³-hybridized carbons (Fsp3) is 0.400. The van der Waals surface area contributed by atoms with Crippen LogP contribution in [0.2, 0.25) is 0 Å². The number of hydrogen-bond acceptors (Lipinski definition) is 5. The third-order valence-corrected chi connectivity index (χ3v) is 6.50. The van der Waals surface area contributed by atoms with E-state index in [-0.39, 0.29) is 25.0 Å². The molecule has 0 saturated heterocycles. The number of fused-ring (bicyclic) bond motifs is 3. The van der Waals surface area contributed by atoms with Crippen molar-refractivity contribution < 1.29 is 29.3 Å². The number of amides is 2. The minimum Gasteiger partial charge on any atom is -0.479 e. The van der Waals surface area contributed by atoms with Crippen LogP contribution in [0.5, 0.6) is 0 Å². The highest BCUT2D eigenvalue weighted by molar-refractivity contribution is 5.82. The van der Waals surface area contributed by atoms with Crippen LogP contribution in [-0.2, 0) is 14.3 Å². The molecular weight excluding hydrogens is 424 g/mol. The van der Waals surface area contributed by atoms with E-state index in [2.05, 4.69) is 22.8 Å². The molecule has 0 aromatic heterocycles. The van der Waals surface area contributed by atoms with Gasteiger partial charge in [-0.25, -0.2) is 9.59 Å². The fourth-order valence-electron chi connectivity index (χ4n) is 4.82. The summed E-state index contributed by atoms with van der Waals surface area (Å²) in [6.07, 6.45) is 0.670. The SMILES string of the molecule is O=C(N[C@H]1CCCC[C@H]1C(=O)NC[C@H](O)C(=O)O)OCC1c2ccccc2-c2ccccc21. The molecule has 4 N–H and O–H groups in total. The molecule has 0 heterocycles. The minimum absolute atomic E-state index is 0.0499. The van der Waals surface area contributed by atoms with E-state index < -0.39 is 30.1 Å². The molecule has 3 atom stereocenters. The van der Waals surface area contributed by atoms with Gasteiger partial charge in [0.25, 0.3) is 0 Å². The molecule has 1 saturated carbocycles. The van der Waals surface area contributed by atoms with Crippen LogP contribution < -0.4 is 10.6 Å². The molecule has 8 heteroatoms. The average molecular weight is 453 g/mol. The van der Waals surface area contributed by atoms with E-state index in [0.717, 1.165) is 35.1 Å². The van der Waals surface area contributed by atoms with Crippen molar-refractivity contribution in [2.45, 2.75) is 43.7 Å². The monoisotopic (exact) mass is 452 g/mol. The highest BCUT2D eigenvalue weighted by Gasteiger charge is 2.34. The maximum atomic E-state index is 12.6. The Hall–Kier alpha value is -3.39. The predicted octanol–water partition coefficient (Wildman–Crippen LogP) is 2.65. The standard InChI is InChI=1S/C25H28N2O6/c28-22(24(30)31)13-26-23(29)19-11-5-6-12-21(19)27-25(32)33-14-20-17-9-3-1-7-15(17)16-8-2-4-10-18(16)20/h1-4,7-10,19-22,28H,5-6,11-14H2,(H,26,29)(H,27,32)(H,30,31)/t19-,21+,22+/m1/s1. The van der Waals surface area contributed by atoms with E-state index in [1.54, 1.807) is 0 Å². The first kappa shape index (κ1) is 22.8. The van der Waals surface area contributed by atoms with Gasteiger partial charge < -0.3 is 25.6 Å². The van der Waals surface area contributed by atoms with Gasteiger partial charge in [-0.1, -0.05) is 61.4 Å². The number of aliphatic carboxylic acids is 1. The fourth-order valence-corrected chi connectivity index (χ4v) is 4.82. The molecule has 2 aromatic carbocycles. The van der Waals surface area contributed by atoms with Crippen molar-refractivity contribution in [1.82, 2.24) is 10.6 Å². The number of carboxylic acids is 1. The second kappa shape index (κ2) is 10.0. The normalized spacial score (nSPS) is 20.3. The lowest BCUT2D eigenvalue weighted by atomic mass is 9.84. The Morgan fingerprint density at radius 3 is 2.21 bits per heavy atom. The number of benzene rings is 2. The zero-order chi connectivity index (χ0) is 23.4. The largest absolute Gasteiger partial charge is 0.479 e. The lowest BCUT2D eigenvalue weighted by Crippen LogP contribution is -2.50. The Labute approximate surface area is 192 Å². The van der Waals surface area contributed by atoms with Crippen LogP contribution >= 0.6 is 0 Å². The highest BCUT2D eigenvalue weighted by atomic mass is 16.5. The van der Waals surface area contributed by atoms with Crippen molar-refractivity contribution in [3.63, 3.8) is 0 Å². The summed E-state index contributed by atoms with van der Waals surface area (Å²) in [4.78, 5) is 35.9. The third-order valence-electron chi connectivity index (χ3n) is 6.50. The van der Waals surface area contributed by atoms with Crippen LogP contribution in [-0.4, -0.2) is 53.5 Å². The zero-order valence-corrected chi connectivity index (χ0v) is 18.2. The molecule has 0 radical (unpaired) electrons. The molecule has 0 bridgehead atoms. The third kappa shape index (κ3) is 5.01. The summed E-state index contributed by atoms with van der Waals surface area (Å²) in [6.45, 7) is -0.184. The maximum Gasteiger partial charge on any atom is 0.407 e. The van der Waals surface area contributed by atoms with Gasteiger partial charge in [0.05, 0.1) is 12.5 Å². The van der Waals surface area contributed by atoms with Gasteiger partial charge in [0.15, 0.2) is 6.10 Å². The number of nitrogens with one attached hydrogen (secondary N) is 2.